The molecular formula is C19H23NOS. The Morgan fingerprint density at radius 2 is 1.86 bits per heavy atom. The lowest BCUT2D eigenvalue weighted by atomic mass is 10.0. The summed E-state index contributed by atoms with van der Waals surface area (Å²) in [6.45, 7) is 8.32. The summed E-state index contributed by atoms with van der Waals surface area (Å²) in [6, 6.07) is 14.1. The van der Waals surface area contributed by atoms with Gasteiger partial charge in [-0.1, -0.05) is 37.3 Å². The molecule has 116 valence electrons. The van der Waals surface area contributed by atoms with Crippen LogP contribution >= 0.6 is 11.8 Å². The molecule has 0 fully saturated rings. The van der Waals surface area contributed by atoms with Crippen LogP contribution in [0.4, 0.5) is 0 Å². The molecule has 1 amide bonds. The van der Waals surface area contributed by atoms with E-state index in [4.69, 9.17) is 0 Å². The highest BCUT2D eigenvalue weighted by Gasteiger charge is 2.14. The van der Waals surface area contributed by atoms with Crippen molar-refractivity contribution in [1.82, 2.24) is 5.32 Å². The quantitative estimate of drug-likeness (QED) is 0.795. The maximum Gasteiger partial charge on any atom is 0.252 e. The van der Waals surface area contributed by atoms with Crippen LogP contribution in [0.2, 0.25) is 0 Å². The van der Waals surface area contributed by atoms with Crippen molar-refractivity contribution in [2.24, 2.45) is 0 Å². The Bertz CT molecular complexity index is 666. The molecule has 0 heterocycles. The Morgan fingerprint density at radius 3 is 2.55 bits per heavy atom. The number of carbonyl (C=O) groups excluding carboxylic acids is 1. The van der Waals surface area contributed by atoms with E-state index >= 15 is 0 Å². The molecule has 0 aliphatic rings. The molecule has 1 unspecified atom stereocenters. The molecule has 2 aromatic carbocycles. The van der Waals surface area contributed by atoms with Crippen LogP contribution in [0.25, 0.3) is 0 Å². The molecule has 2 aromatic rings. The monoisotopic (exact) mass is 313 g/mol. The van der Waals surface area contributed by atoms with Crippen molar-refractivity contribution in [3.63, 3.8) is 0 Å². The van der Waals surface area contributed by atoms with Crippen LogP contribution in [0.1, 0.15) is 46.9 Å². The topological polar surface area (TPSA) is 29.1 Å². The van der Waals surface area contributed by atoms with Crippen LogP contribution < -0.4 is 5.32 Å². The van der Waals surface area contributed by atoms with E-state index in [9.17, 15) is 4.79 Å². The van der Waals surface area contributed by atoms with Crippen LogP contribution in [0, 0.1) is 13.8 Å². The number of benzene rings is 2. The fourth-order valence-corrected chi connectivity index (χ4v) is 3.13. The van der Waals surface area contributed by atoms with Gasteiger partial charge in [0.25, 0.3) is 5.91 Å². The van der Waals surface area contributed by atoms with Crippen molar-refractivity contribution in [2.75, 3.05) is 5.75 Å². The second-order valence-electron chi connectivity index (χ2n) is 5.47. The third-order valence-electron chi connectivity index (χ3n) is 3.81. The fraction of sp³-hybridized carbons (Fsp3) is 0.316. The van der Waals surface area contributed by atoms with Gasteiger partial charge in [0, 0.05) is 4.90 Å². The number of hydrogen-bond donors (Lipinski definition) is 1. The third kappa shape index (κ3) is 3.92. The Balaban J connectivity index is 2.16. The van der Waals surface area contributed by atoms with Crippen molar-refractivity contribution in [1.29, 1.82) is 0 Å². The van der Waals surface area contributed by atoms with Crippen molar-refractivity contribution in [2.45, 2.75) is 38.6 Å². The maximum atomic E-state index is 12.6. The van der Waals surface area contributed by atoms with Crippen molar-refractivity contribution in [3.05, 3.63) is 64.7 Å². The first-order valence-corrected chi connectivity index (χ1v) is 8.61. The Kier molecular flexibility index (Phi) is 5.67. The van der Waals surface area contributed by atoms with Gasteiger partial charge < -0.3 is 5.32 Å². The van der Waals surface area contributed by atoms with Crippen molar-refractivity contribution >= 4 is 17.7 Å². The summed E-state index contributed by atoms with van der Waals surface area (Å²) in [5.41, 5.74) is 4.41. The molecule has 0 bridgehead atoms. The Labute approximate surface area is 137 Å². The predicted octanol–water partition coefficient (Wildman–Crippen LogP) is 4.91. The summed E-state index contributed by atoms with van der Waals surface area (Å²) in [4.78, 5) is 13.6. The van der Waals surface area contributed by atoms with E-state index in [2.05, 4.69) is 44.3 Å². The van der Waals surface area contributed by atoms with Gasteiger partial charge >= 0.3 is 0 Å². The number of hydrogen-bond acceptors (Lipinski definition) is 2. The first-order valence-electron chi connectivity index (χ1n) is 7.62. The minimum absolute atomic E-state index is 0.00789. The van der Waals surface area contributed by atoms with Gasteiger partial charge in [0.1, 0.15) is 0 Å². The van der Waals surface area contributed by atoms with Crippen molar-refractivity contribution in [3.8, 4) is 0 Å². The summed E-state index contributed by atoms with van der Waals surface area (Å²) in [6.07, 6.45) is 0. The number of aryl methyl sites for hydroxylation is 2. The summed E-state index contributed by atoms with van der Waals surface area (Å²) >= 11 is 1.70. The average Bonchev–Trinajstić information content (AvgIpc) is 2.50. The van der Waals surface area contributed by atoms with E-state index in [1.165, 1.54) is 11.1 Å². The molecule has 1 N–H and O–H groups in total. The molecule has 0 saturated carbocycles. The summed E-state index contributed by atoms with van der Waals surface area (Å²) in [7, 11) is 0. The van der Waals surface area contributed by atoms with E-state index in [1.807, 2.05) is 31.2 Å². The van der Waals surface area contributed by atoms with Gasteiger partial charge in [-0.05, 0) is 55.3 Å². The number of rotatable bonds is 5. The summed E-state index contributed by atoms with van der Waals surface area (Å²) < 4.78 is 0. The Hall–Kier alpha value is -1.74. The lowest BCUT2D eigenvalue weighted by molar-refractivity contribution is 0.0937. The minimum atomic E-state index is -0.0118. The van der Waals surface area contributed by atoms with Crippen molar-refractivity contribution < 1.29 is 4.79 Å². The molecule has 0 spiro atoms. The smallest absolute Gasteiger partial charge is 0.252 e. The number of thioether (sulfide) groups is 1. The van der Waals surface area contributed by atoms with E-state index < -0.39 is 0 Å². The normalized spacial score (nSPS) is 12.0. The summed E-state index contributed by atoms with van der Waals surface area (Å²) in [5.74, 6) is 0.944. The first kappa shape index (κ1) is 16.6. The third-order valence-corrected chi connectivity index (χ3v) is 4.77. The van der Waals surface area contributed by atoms with Gasteiger partial charge in [-0.3, -0.25) is 4.79 Å². The van der Waals surface area contributed by atoms with E-state index in [1.54, 1.807) is 11.8 Å². The molecule has 2 nitrogen and oxygen atoms in total. The van der Waals surface area contributed by atoms with Gasteiger partial charge in [-0.15, -0.1) is 11.8 Å². The number of amides is 1. The highest BCUT2D eigenvalue weighted by atomic mass is 32.2. The molecule has 1 atom stereocenters. The molecule has 3 heteroatoms. The molecule has 0 saturated heterocycles. The molecule has 0 aromatic heterocycles. The van der Waals surface area contributed by atoms with E-state index in [0.29, 0.717) is 0 Å². The highest BCUT2D eigenvalue weighted by molar-refractivity contribution is 7.99. The minimum Gasteiger partial charge on any atom is -0.345 e. The van der Waals surface area contributed by atoms with Crippen LogP contribution in [-0.4, -0.2) is 11.7 Å². The van der Waals surface area contributed by atoms with Crippen LogP contribution in [0.15, 0.2) is 47.4 Å². The number of nitrogens with one attached hydrogen (secondary N) is 1. The van der Waals surface area contributed by atoms with Crippen LogP contribution in [0.3, 0.4) is 0 Å². The van der Waals surface area contributed by atoms with Gasteiger partial charge in [0.05, 0.1) is 11.6 Å². The molecule has 22 heavy (non-hydrogen) atoms. The lowest BCUT2D eigenvalue weighted by Crippen LogP contribution is -2.27. The Morgan fingerprint density at radius 1 is 1.14 bits per heavy atom. The van der Waals surface area contributed by atoms with Gasteiger partial charge in [-0.25, -0.2) is 0 Å². The van der Waals surface area contributed by atoms with Crippen LogP contribution in [-0.2, 0) is 0 Å². The molecular weight excluding hydrogens is 290 g/mol. The number of carbonyl (C=O) groups is 1. The zero-order valence-corrected chi connectivity index (χ0v) is 14.5. The fourth-order valence-electron chi connectivity index (χ4n) is 2.33. The summed E-state index contributed by atoms with van der Waals surface area (Å²) in [5, 5.41) is 3.11. The second kappa shape index (κ2) is 7.50. The van der Waals surface area contributed by atoms with Crippen LogP contribution in [0.5, 0.6) is 0 Å². The second-order valence-corrected chi connectivity index (χ2v) is 6.77. The predicted molar refractivity (Wildman–Crippen MR) is 94.6 cm³/mol. The zero-order valence-electron chi connectivity index (χ0n) is 13.6. The molecule has 2 rings (SSSR count). The average molecular weight is 313 g/mol. The molecule has 0 radical (unpaired) electrons. The van der Waals surface area contributed by atoms with E-state index in [-0.39, 0.29) is 11.9 Å². The van der Waals surface area contributed by atoms with E-state index in [0.717, 1.165) is 21.8 Å². The maximum absolute atomic E-state index is 12.6. The largest absolute Gasteiger partial charge is 0.345 e. The lowest BCUT2D eigenvalue weighted by Gasteiger charge is -2.17. The van der Waals surface area contributed by atoms with Gasteiger partial charge in [0.2, 0.25) is 0 Å². The SMILES string of the molecule is CCSc1ccccc1C(=O)NC(C)c1ccc(C)c(C)c1. The zero-order chi connectivity index (χ0) is 16.1. The standard InChI is InChI=1S/C19H23NOS/c1-5-22-18-9-7-6-8-17(18)19(21)20-15(4)16-11-10-13(2)14(3)12-16/h6-12,15H,5H2,1-4H3,(H,20,21). The van der Waals surface area contributed by atoms with Gasteiger partial charge in [-0.2, -0.15) is 0 Å². The molecule has 0 aliphatic carbocycles. The molecule has 0 aliphatic heterocycles. The van der Waals surface area contributed by atoms with Gasteiger partial charge in [0.15, 0.2) is 0 Å². The first-order chi connectivity index (χ1) is 10.5. The highest BCUT2D eigenvalue weighted by Crippen LogP contribution is 2.23.